The Bertz CT molecular complexity index is 912. The van der Waals surface area contributed by atoms with Crippen molar-refractivity contribution >= 4 is 29.2 Å². The number of nitrogens with one attached hydrogen (secondary N) is 1. The molecule has 1 aromatic carbocycles. The maximum Gasteiger partial charge on any atom is 0.416 e. The van der Waals surface area contributed by atoms with E-state index in [-0.39, 0.29) is 11.6 Å². The second kappa shape index (κ2) is 8.12. The van der Waals surface area contributed by atoms with E-state index in [0.29, 0.717) is 31.9 Å². The van der Waals surface area contributed by atoms with Gasteiger partial charge in [-0.05, 0) is 18.2 Å². The van der Waals surface area contributed by atoms with Crippen molar-refractivity contribution < 1.29 is 37.0 Å². The highest BCUT2D eigenvalue weighted by Gasteiger charge is 2.39. The molecule has 168 valence electrons. The number of amides is 1. The highest BCUT2D eigenvalue weighted by atomic mass is 19.4. The number of nitrogens with zero attached hydrogens (tertiary/aromatic N) is 2. The molecule has 0 spiro atoms. The zero-order valence-electron chi connectivity index (χ0n) is 17.2. The lowest BCUT2D eigenvalue weighted by Crippen LogP contribution is -2.48. The molecule has 0 unspecified atom stereocenters. The first-order valence-electron chi connectivity index (χ1n) is 9.52. The number of hydrogen-bond donors (Lipinski definition) is 1. The molecule has 3 rings (SSSR count). The molecule has 31 heavy (non-hydrogen) atoms. The van der Waals surface area contributed by atoms with Crippen LogP contribution >= 0.6 is 0 Å². The molecule has 11 heteroatoms. The summed E-state index contributed by atoms with van der Waals surface area (Å²) < 4.78 is 49.7. The molecule has 1 amide bonds. The maximum atomic E-state index is 13.2. The SMILES string of the molecule is CC(=O)N1CCN(c2ccc(C(F)(F)F)cc2NC=C2C(=O)OC(C)(C)OC2=O)CC1. The van der Waals surface area contributed by atoms with E-state index in [1.165, 1.54) is 26.8 Å². The van der Waals surface area contributed by atoms with Crippen LogP contribution < -0.4 is 10.2 Å². The number of rotatable bonds is 3. The predicted molar refractivity (Wildman–Crippen MR) is 104 cm³/mol. The number of piperazine rings is 1. The largest absolute Gasteiger partial charge is 0.419 e. The first kappa shape index (κ1) is 22.4. The second-order valence-electron chi connectivity index (χ2n) is 7.60. The predicted octanol–water partition coefficient (Wildman–Crippen LogP) is 2.51. The topological polar surface area (TPSA) is 88.2 Å². The molecule has 0 aromatic heterocycles. The molecule has 2 saturated heterocycles. The minimum atomic E-state index is -4.58. The van der Waals surface area contributed by atoms with Gasteiger partial charge in [-0.15, -0.1) is 0 Å². The molecule has 0 radical (unpaired) electrons. The van der Waals surface area contributed by atoms with Crippen LogP contribution in [0.3, 0.4) is 0 Å². The zero-order valence-corrected chi connectivity index (χ0v) is 17.2. The summed E-state index contributed by atoms with van der Waals surface area (Å²) in [7, 11) is 0. The lowest BCUT2D eigenvalue weighted by Gasteiger charge is -2.36. The van der Waals surface area contributed by atoms with Crippen molar-refractivity contribution in [2.75, 3.05) is 36.4 Å². The zero-order chi connectivity index (χ0) is 23.0. The van der Waals surface area contributed by atoms with Crippen LogP contribution in [0, 0.1) is 0 Å². The number of esters is 2. The van der Waals surface area contributed by atoms with Gasteiger partial charge in [-0.2, -0.15) is 13.2 Å². The highest BCUT2D eigenvalue weighted by Crippen LogP contribution is 2.36. The van der Waals surface area contributed by atoms with Crippen molar-refractivity contribution in [3.63, 3.8) is 0 Å². The number of carbonyl (C=O) groups is 3. The average Bonchev–Trinajstić information content (AvgIpc) is 2.65. The Morgan fingerprint density at radius 1 is 1.10 bits per heavy atom. The van der Waals surface area contributed by atoms with Gasteiger partial charge in [-0.3, -0.25) is 4.79 Å². The third kappa shape index (κ3) is 5.09. The Morgan fingerprint density at radius 2 is 1.68 bits per heavy atom. The Morgan fingerprint density at radius 3 is 2.19 bits per heavy atom. The quantitative estimate of drug-likeness (QED) is 0.438. The van der Waals surface area contributed by atoms with Crippen LogP contribution in [0.4, 0.5) is 24.5 Å². The van der Waals surface area contributed by atoms with Gasteiger partial charge in [0, 0.05) is 53.2 Å². The number of anilines is 2. The molecule has 1 N–H and O–H groups in total. The van der Waals surface area contributed by atoms with E-state index >= 15 is 0 Å². The van der Waals surface area contributed by atoms with Crippen LogP contribution in [0.2, 0.25) is 0 Å². The minimum Gasteiger partial charge on any atom is -0.419 e. The van der Waals surface area contributed by atoms with Crippen LogP contribution in [0.25, 0.3) is 0 Å². The lowest BCUT2D eigenvalue weighted by molar-refractivity contribution is -0.222. The van der Waals surface area contributed by atoms with E-state index in [1.807, 2.05) is 4.90 Å². The van der Waals surface area contributed by atoms with E-state index in [2.05, 4.69) is 5.32 Å². The van der Waals surface area contributed by atoms with Gasteiger partial charge in [0.1, 0.15) is 0 Å². The number of halogens is 3. The van der Waals surface area contributed by atoms with E-state index in [0.717, 1.165) is 18.3 Å². The fourth-order valence-electron chi connectivity index (χ4n) is 3.29. The summed E-state index contributed by atoms with van der Waals surface area (Å²) in [5.74, 6) is -3.40. The van der Waals surface area contributed by atoms with Gasteiger partial charge in [0.25, 0.3) is 5.79 Å². The van der Waals surface area contributed by atoms with Crippen molar-refractivity contribution in [3.05, 3.63) is 35.5 Å². The molecular weight excluding hydrogens is 419 g/mol. The first-order valence-corrected chi connectivity index (χ1v) is 9.52. The Hall–Kier alpha value is -3.24. The molecule has 1 aromatic rings. The monoisotopic (exact) mass is 441 g/mol. The summed E-state index contributed by atoms with van der Waals surface area (Å²) in [6.07, 6.45) is -3.60. The molecule has 2 heterocycles. The van der Waals surface area contributed by atoms with E-state index in [4.69, 9.17) is 9.47 Å². The minimum absolute atomic E-state index is 0.0454. The van der Waals surface area contributed by atoms with Crippen molar-refractivity contribution in [1.82, 2.24) is 4.90 Å². The molecular formula is C20H22F3N3O5. The normalized spacial score (nSPS) is 19.0. The van der Waals surface area contributed by atoms with Gasteiger partial charge in [0.15, 0.2) is 5.57 Å². The number of alkyl halides is 3. The van der Waals surface area contributed by atoms with Gasteiger partial charge in [-0.25, -0.2) is 9.59 Å². The molecule has 0 saturated carbocycles. The second-order valence-corrected chi connectivity index (χ2v) is 7.60. The average molecular weight is 441 g/mol. The van der Waals surface area contributed by atoms with E-state index in [1.54, 1.807) is 4.90 Å². The molecule has 0 atom stereocenters. The summed E-state index contributed by atoms with van der Waals surface area (Å²) >= 11 is 0. The maximum absolute atomic E-state index is 13.2. The number of ether oxygens (including phenoxy) is 2. The fraction of sp³-hybridized carbons (Fsp3) is 0.450. The summed E-state index contributed by atoms with van der Waals surface area (Å²) in [5, 5.41) is 2.63. The first-order chi connectivity index (χ1) is 14.4. The van der Waals surface area contributed by atoms with Gasteiger partial charge < -0.3 is 24.6 Å². The van der Waals surface area contributed by atoms with Gasteiger partial charge >= 0.3 is 18.1 Å². The van der Waals surface area contributed by atoms with Gasteiger partial charge in [0.05, 0.1) is 16.9 Å². The van der Waals surface area contributed by atoms with Crippen LogP contribution in [-0.2, 0) is 30.0 Å². The van der Waals surface area contributed by atoms with E-state index in [9.17, 15) is 27.6 Å². The van der Waals surface area contributed by atoms with Crippen LogP contribution in [0.5, 0.6) is 0 Å². The number of carbonyl (C=O) groups excluding carboxylic acids is 3. The van der Waals surface area contributed by atoms with Crippen molar-refractivity contribution in [3.8, 4) is 0 Å². The molecule has 8 nitrogen and oxygen atoms in total. The Kier molecular flexibility index (Phi) is 5.88. The lowest BCUT2D eigenvalue weighted by atomic mass is 10.1. The highest BCUT2D eigenvalue weighted by molar-refractivity contribution is 6.15. The van der Waals surface area contributed by atoms with Gasteiger partial charge in [0.2, 0.25) is 5.91 Å². The summed E-state index contributed by atoms with van der Waals surface area (Å²) in [6.45, 7) is 5.89. The molecule has 2 aliphatic heterocycles. The Labute approximate surface area is 176 Å². The molecule has 0 bridgehead atoms. The number of cyclic esters (lactones) is 2. The van der Waals surface area contributed by atoms with E-state index < -0.39 is 35.0 Å². The number of benzene rings is 1. The Balaban J connectivity index is 1.89. The third-order valence-electron chi connectivity index (χ3n) is 4.88. The summed E-state index contributed by atoms with van der Waals surface area (Å²) in [5.41, 5.74) is -0.881. The van der Waals surface area contributed by atoms with Crippen LogP contribution in [0.1, 0.15) is 26.3 Å². The smallest absolute Gasteiger partial charge is 0.416 e. The van der Waals surface area contributed by atoms with Gasteiger partial charge in [-0.1, -0.05) is 0 Å². The molecule has 2 fully saturated rings. The molecule has 2 aliphatic rings. The van der Waals surface area contributed by atoms with Crippen molar-refractivity contribution in [1.29, 1.82) is 0 Å². The van der Waals surface area contributed by atoms with Crippen molar-refractivity contribution in [2.45, 2.75) is 32.7 Å². The third-order valence-corrected chi connectivity index (χ3v) is 4.88. The summed E-state index contributed by atoms with van der Waals surface area (Å²) in [6, 6.07) is 3.16. The molecule has 0 aliphatic carbocycles. The number of hydrogen-bond acceptors (Lipinski definition) is 7. The van der Waals surface area contributed by atoms with Crippen LogP contribution in [-0.4, -0.2) is 54.7 Å². The fourth-order valence-corrected chi connectivity index (χ4v) is 3.29. The summed E-state index contributed by atoms with van der Waals surface area (Å²) in [4.78, 5) is 39.2. The van der Waals surface area contributed by atoms with Crippen molar-refractivity contribution in [2.24, 2.45) is 0 Å². The standard InChI is InChI=1S/C20H22F3N3O5/c1-12(27)25-6-8-26(9-7-25)16-5-4-13(20(21,22)23)10-15(16)24-11-14-17(28)30-19(2,3)31-18(14)29/h4-5,10-11,24H,6-9H2,1-3H3. The van der Waals surface area contributed by atoms with Crippen LogP contribution in [0.15, 0.2) is 30.0 Å².